The SMILES string of the molecule is OCc1nnn(Cc2cccc(F)c2)c1C(F)(F)F. The van der Waals surface area contributed by atoms with Crippen LogP contribution in [0.25, 0.3) is 0 Å². The predicted molar refractivity (Wildman–Crippen MR) is 56.4 cm³/mol. The van der Waals surface area contributed by atoms with Crippen LogP contribution in [-0.4, -0.2) is 20.1 Å². The zero-order valence-corrected chi connectivity index (χ0v) is 9.52. The van der Waals surface area contributed by atoms with Crippen LogP contribution in [0.1, 0.15) is 17.0 Å². The van der Waals surface area contributed by atoms with Crippen molar-refractivity contribution in [2.45, 2.75) is 19.3 Å². The molecule has 8 heteroatoms. The molecule has 1 N–H and O–H groups in total. The molecule has 0 radical (unpaired) electrons. The Morgan fingerprint density at radius 3 is 2.58 bits per heavy atom. The lowest BCUT2D eigenvalue weighted by Gasteiger charge is -2.10. The van der Waals surface area contributed by atoms with Gasteiger partial charge < -0.3 is 5.11 Å². The second-order valence-electron chi connectivity index (χ2n) is 3.83. The first-order valence-electron chi connectivity index (χ1n) is 5.26. The van der Waals surface area contributed by atoms with Crippen molar-refractivity contribution in [2.75, 3.05) is 0 Å². The molecule has 19 heavy (non-hydrogen) atoms. The van der Waals surface area contributed by atoms with Crippen LogP contribution in [0.2, 0.25) is 0 Å². The quantitative estimate of drug-likeness (QED) is 0.871. The van der Waals surface area contributed by atoms with Gasteiger partial charge in [0.25, 0.3) is 0 Å². The Balaban J connectivity index is 2.38. The van der Waals surface area contributed by atoms with E-state index in [0.29, 0.717) is 10.2 Å². The van der Waals surface area contributed by atoms with Crippen molar-refractivity contribution in [3.05, 3.63) is 47.0 Å². The predicted octanol–water partition coefficient (Wildman–Crippen LogP) is 1.98. The molecule has 0 unspecified atom stereocenters. The number of benzene rings is 1. The number of hydrogen-bond acceptors (Lipinski definition) is 3. The van der Waals surface area contributed by atoms with Gasteiger partial charge in [0.1, 0.15) is 11.5 Å². The first-order valence-corrected chi connectivity index (χ1v) is 5.26. The molecule has 0 saturated carbocycles. The summed E-state index contributed by atoms with van der Waals surface area (Å²) in [6.45, 7) is -1.14. The van der Waals surface area contributed by atoms with Gasteiger partial charge in [-0.05, 0) is 17.7 Å². The molecule has 0 saturated heterocycles. The normalized spacial score (nSPS) is 11.8. The van der Waals surface area contributed by atoms with E-state index in [1.54, 1.807) is 0 Å². The third-order valence-corrected chi connectivity index (χ3v) is 2.44. The van der Waals surface area contributed by atoms with Crippen molar-refractivity contribution in [1.29, 1.82) is 0 Å². The molecule has 1 aromatic heterocycles. The van der Waals surface area contributed by atoms with Crippen LogP contribution >= 0.6 is 0 Å². The summed E-state index contributed by atoms with van der Waals surface area (Å²) in [6.07, 6.45) is -4.69. The highest BCUT2D eigenvalue weighted by Crippen LogP contribution is 2.31. The molecule has 102 valence electrons. The van der Waals surface area contributed by atoms with E-state index in [2.05, 4.69) is 10.3 Å². The summed E-state index contributed by atoms with van der Waals surface area (Å²) in [5.41, 5.74) is -1.36. The Bertz CT molecular complexity index is 580. The molecule has 1 heterocycles. The van der Waals surface area contributed by atoms with Gasteiger partial charge in [-0.25, -0.2) is 9.07 Å². The van der Waals surface area contributed by atoms with Gasteiger partial charge in [0.05, 0.1) is 13.2 Å². The lowest BCUT2D eigenvalue weighted by atomic mass is 10.2. The van der Waals surface area contributed by atoms with Crippen LogP contribution in [0.15, 0.2) is 24.3 Å². The fourth-order valence-electron chi connectivity index (χ4n) is 1.68. The van der Waals surface area contributed by atoms with Gasteiger partial charge in [-0.15, -0.1) is 5.10 Å². The monoisotopic (exact) mass is 275 g/mol. The van der Waals surface area contributed by atoms with E-state index in [9.17, 15) is 17.6 Å². The van der Waals surface area contributed by atoms with E-state index in [0.717, 1.165) is 6.07 Å². The Morgan fingerprint density at radius 2 is 2.00 bits per heavy atom. The first-order chi connectivity index (χ1) is 8.91. The molecule has 0 amide bonds. The molecule has 2 aromatic rings. The maximum Gasteiger partial charge on any atom is 0.435 e. The highest BCUT2D eigenvalue weighted by Gasteiger charge is 2.39. The molecule has 0 aliphatic carbocycles. The van der Waals surface area contributed by atoms with Crippen LogP contribution in [0.3, 0.4) is 0 Å². The van der Waals surface area contributed by atoms with E-state index in [1.165, 1.54) is 18.2 Å². The van der Waals surface area contributed by atoms with Gasteiger partial charge in [0.15, 0.2) is 5.69 Å². The zero-order chi connectivity index (χ0) is 14.0. The maximum absolute atomic E-state index is 13.0. The highest BCUT2D eigenvalue weighted by atomic mass is 19.4. The fourth-order valence-corrected chi connectivity index (χ4v) is 1.68. The molecule has 0 fully saturated rings. The molecule has 0 bridgehead atoms. The summed E-state index contributed by atoms with van der Waals surface area (Å²) in [5.74, 6) is -0.548. The van der Waals surface area contributed by atoms with Crippen LogP contribution in [0, 0.1) is 5.82 Å². The second kappa shape index (κ2) is 4.96. The van der Waals surface area contributed by atoms with Gasteiger partial charge in [-0.1, -0.05) is 17.3 Å². The number of aliphatic hydroxyl groups excluding tert-OH is 1. The summed E-state index contributed by atoms with van der Waals surface area (Å²) < 4.78 is 52.0. The third-order valence-electron chi connectivity index (χ3n) is 2.44. The van der Waals surface area contributed by atoms with E-state index in [1.807, 2.05) is 0 Å². The summed E-state index contributed by atoms with van der Waals surface area (Å²) in [7, 11) is 0. The van der Waals surface area contributed by atoms with Gasteiger partial charge in [0, 0.05) is 0 Å². The average Bonchev–Trinajstić information content (AvgIpc) is 2.71. The van der Waals surface area contributed by atoms with Gasteiger partial charge in [-0.3, -0.25) is 0 Å². The van der Waals surface area contributed by atoms with E-state index in [-0.39, 0.29) is 6.54 Å². The third kappa shape index (κ3) is 2.90. The number of hydrogen-bond donors (Lipinski definition) is 1. The molecule has 0 spiro atoms. The molecule has 1 aromatic carbocycles. The maximum atomic E-state index is 13.0. The molecular weight excluding hydrogens is 266 g/mol. The van der Waals surface area contributed by atoms with Crippen LogP contribution in [0.5, 0.6) is 0 Å². The minimum Gasteiger partial charge on any atom is -0.390 e. The van der Waals surface area contributed by atoms with Crippen molar-refractivity contribution >= 4 is 0 Å². The molecule has 4 nitrogen and oxygen atoms in total. The molecule has 0 aliphatic heterocycles. The number of rotatable bonds is 3. The number of nitrogens with zero attached hydrogens (tertiary/aromatic N) is 3. The van der Waals surface area contributed by atoms with Crippen molar-refractivity contribution in [3.8, 4) is 0 Å². The summed E-state index contributed by atoms with van der Waals surface area (Å²) >= 11 is 0. The second-order valence-corrected chi connectivity index (χ2v) is 3.83. The fraction of sp³-hybridized carbons (Fsp3) is 0.273. The zero-order valence-electron chi connectivity index (χ0n) is 9.52. The summed E-state index contributed by atoms with van der Waals surface area (Å²) in [5, 5.41) is 15.4. The van der Waals surface area contributed by atoms with Crippen LogP contribution in [-0.2, 0) is 19.3 Å². The molecule has 2 rings (SSSR count). The number of aliphatic hydroxyl groups is 1. The first kappa shape index (κ1) is 13.5. The largest absolute Gasteiger partial charge is 0.435 e. The van der Waals surface area contributed by atoms with Gasteiger partial charge >= 0.3 is 6.18 Å². The number of aromatic nitrogens is 3. The van der Waals surface area contributed by atoms with Crippen molar-refractivity contribution in [2.24, 2.45) is 0 Å². The summed E-state index contributed by atoms with van der Waals surface area (Å²) in [4.78, 5) is 0. The molecular formula is C11H9F4N3O. The van der Waals surface area contributed by atoms with Crippen LogP contribution in [0.4, 0.5) is 17.6 Å². The van der Waals surface area contributed by atoms with Crippen LogP contribution < -0.4 is 0 Å². The standard InChI is InChI=1S/C11H9F4N3O/c12-8-3-1-2-7(4-8)5-18-10(11(13,14)15)9(6-19)16-17-18/h1-4,19H,5-6H2. The minimum absolute atomic E-state index is 0.278. The highest BCUT2D eigenvalue weighted by molar-refractivity contribution is 5.19. The van der Waals surface area contributed by atoms with E-state index >= 15 is 0 Å². The number of alkyl halides is 3. The van der Waals surface area contributed by atoms with Gasteiger partial charge in [0.2, 0.25) is 0 Å². The Labute approximate surface area is 105 Å². The van der Waals surface area contributed by atoms with Crippen molar-refractivity contribution in [1.82, 2.24) is 15.0 Å². The topological polar surface area (TPSA) is 50.9 Å². The molecule has 0 aliphatic rings. The Kier molecular flexibility index (Phi) is 3.52. The Morgan fingerprint density at radius 1 is 1.26 bits per heavy atom. The molecule has 0 atom stereocenters. The van der Waals surface area contributed by atoms with E-state index < -0.39 is 30.0 Å². The minimum atomic E-state index is -4.69. The smallest absolute Gasteiger partial charge is 0.390 e. The van der Waals surface area contributed by atoms with E-state index in [4.69, 9.17) is 5.11 Å². The lowest BCUT2D eigenvalue weighted by Crippen LogP contribution is -2.17. The number of halogens is 4. The Hall–Kier alpha value is -1.96. The van der Waals surface area contributed by atoms with Gasteiger partial charge in [-0.2, -0.15) is 13.2 Å². The van der Waals surface area contributed by atoms with Crippen molar-refractivity contribution < 1.29 is 22.7 Å². The van der Waals surface area contributed by atoms with Crippen molar-refractivity contribution in [3.63, 3.8) is 0 Å². The summed E-state index contributed by atoms with van der Waals surface area (Å²) in [6, 6.07) is 5.17. The average molecular weight is 275 g/mol. The lowest BCUT2D eigenvalue weighted by molar-refractivity contribution is -0.145.